The molecule has 0 spiro atoms. The first kappa shape index (κ1) is 30.3. The van der Waals surface area contributed by atoms with E-state index in [0.29, 0.717) is 13.2 Å². The molecule has 1 saturated carbocycles. The molecule has 1 N–H and O–H groups in total. The highest BCUT2D eigenvalue weighted by molar-refractivity contribution is 7.47. The molecule has 0 amide bonds. The van der Waals surface area contributed by atoms with E-state index in [1.165, 1.54) is 122 Å². The van der Waals surface area contributed by atoms with E-state index in [0.717, 1.165) is 42.9 Å². The van der Waals surface area contributed by atoms with E-state index in [1.54, 1.807) is 0 Å². The van der Waals surface area contributed by atoms with Gasteiger partial charge in [-0.15, -0.1) is 0 Å². The summed E-state index contributed by atoms with van der Waals surface area (Å²) in [5.74, 6) is 0.873. The van der Waals surface area contributed by atoms with Crippen LogP contribution in [0.5, 0.6) is 0 Å². The van der Waals surface area contributed by atoms with Gasteiger partial charge in [-0.2, -0.15) is 0 Å². The van der Waals surface area contributed by atoms with Gasteiger partial charge in [-0.25, -0.2) is 4.57 Å². The molecule has 1 atom stereocenters. The van der Waals surface area contributed by atoms with Crippen molar-refractivity contribution in [3.8, 4) is 0 Å². The highest BCUT2D eigenvalue weighted by Crippen LogP contribution is 2.43. The Labute approximate surface area is 211 Å². The number of phosphoric ester groups is 1. The third kappa shape index (κ3) is 15.2. The molecule has 5 nitrogen and oxygen atoms in total. The first-order valence-electron chi connectivity index (χ1n) is 14.9. The fourth-order valence-electron chi connectivity index (χ4n) is 5.87. The van der Waals surface area contributed by atoms with Gasteiger partial charge in [-0.3, -0.25) is 9.05 Å². The van der Waals surface area contributed by atoms with Gasteiger partial charge in [0.2, 0.25) is 0 Å². The summed E-state index contributed by atoms with van der Waals surface area (Å²) in [6.45, 7) is 3.69. The summed E-state index contributed by atoms with van der Waals surface area (Å²) in [5.41, 5.74) is 0. The lowest BCUT2D eigenvalue weighted by atomic mass is 9.90. The van der Waals surface area contributed by atoms with Gasteiger partial charge in [0.1, 0.15) is 13.2 Å². The number of likely N-dealkylation sites (N-methyl/N-ethyl adjacent to an activating group) is 1. The van der Waals surface area contributed by atoms with Crippen LogP contribution in [-0.4, -0.2) is 49.3 Å². The maximum atomic E-state index is 12.2. The molecule has 0 aromatic carbocycles. The van der Waals surface area contributed by atoms with Gasteiger partial charge in [-0.1, -0.05) is 109 Å². The Hall–Kier alpha value is 0.0700. The minimum absolute atomic E-state index is 0.298. The van der Waals surface area contributed by atoms with Gasteiger partial charge in [-0.05, 0) is 31.6 Å². The predicted molar refractivity (Wildman–Crippen MR) is 143 cm³/mol. The molecule has 6 heteroatoms. The molecule has 202 valence electrons. The van der Waals surface area contributed by atoms with Gasteiger partial charge >= 0.3 is 7.82 Å². The van der Waals surface area contributed by atoms with Crippen molar-refractivity contribution in [3.63, 3.8) is 0 Å². The lowest BCUT2D eigenvalue weighted by molar-refractivity contribution is -0.914. The molecule has 0 radical (unpaired) electrons. The Bertz CT molecular complexity index is 522. The lowest BCUT2D eigenvalue weighted by Crippen LogP contribution is -2.49. The fourth-order valence-corrected chi connectivity index (χ4v) is 6.62. The largest absolute Gasteiger partial charge is 0.472 e. The molecule has 1 heterocycles. The number of quaternary nitrogens is 1. The molecule has 1 aliphatic heterocycles. The Balaban J connectivity index is 1.54. The second-order valence-electron chi connectivity index (χ2n) is 11.5. The molecule has 0 bridgehead atoms. The van der Waals surface area contributed by atoms with Gasteiger partial charge in [0.05, 0.1) is 26.7 Å². The molecule has 2 rings (SSSR count). The van der Waals surface area contributed by atoms with Crippen molar-refractivity contribution in [1.29, 1.82) is 0 Å². The summed E-state index contributed by atoms with van der Waals surface area (Å²) in [5, 5.41) is 0. The number of phosphoric acid groups is 1. The molecule has 2 fully saturated rings. The van der Waals surface area contributed by atoms with Gasteiger partial charge < -0.3 is 9.38 Å². The molecule has 1 aliphatic carbocycles. The zero-order valence-corrected chi connectivity index (χ0v) is 23.4. The first-order chi connectivity index (χ1) is 16.5. The second kappa shape index (κ2) is 18.3. The van der Waals surface area contributed by atoms with Gasteiger partial charge in [0.15, 0.2) is 0 Å². The average molecular weight is 503 g/mol. The quantitative estimate of drug-likeness (QED) is 0.175. The number of likely N-dealkylation sites (tertiary alicyclic amines) is 1. The Kier molecular flexibility index (Phi) is 16.3. The van der Waals surface area contributed by atoms with Gasteiger partial charge in [0, 0.05) is 0 Å². The minimum Gasteiger partial charge on any atom is -0.324 e. The zero-order valence-electron chi connectivity index (χ0n) is 22.5. The molecular weight excluding hydrogens is 445 g/mol. The summed E-state index contributed by atoms with van der Waals surface area (Å²) in [7, 11) is -1.69. The summed E-state index contributed by atoms with van der Waals surface area (Å²) in [4.78, 5) is 10.00. The van der Waals surface area contributed by atoms with Crippen LogP contribution in [-0.2, 0) is 13.6 Å². The summed E-state index contributed by atoms with van der Waals surface area (Å²) < 4.78 is 23.7. The van der Waals surface area contributed by atoms with Crippen LogP contribution in [0.1, 0.15) is 135 Å². The highest BCUT2D eigenvalue weighted by Gasteiger charge is 2.27. The van der Waals surface area contributed by atoms with Crippen molar-refractivity contribution in [2.45, 2.75) is 135 Å². The third-order valence-electron chi connectivity index (χ3n) is 8.27. The van der Waals surface area contributed by atoms with Crippen LogP contribution < -0.4 is 0 Å². The second-order valence-corrected chi connectivity index (χ2v) is 13.0. The Morgan fingerprint density at radius 3 is 1.71 bits per heavy atom. The molecule has 1 saturated heterocycles. The van der Waals surface area contributed by atoms with Crippen LogP contribution in [0.2, 0.25) is 0 Å². The predicted octanol–water partition coefficient (Wildman–Crippen LogP) is 8.40. The topological polar surface area (TPSA) is 55.8 Å². The SMILES string of the molecule is C[N+]1(CCOP(=O)(O)OCCCCCC2CCCCCCCCCCCCCC2)CCCCC1. The van der Waals surface area contributed by atoms with Crippen LogP contribution in [0.4, 0.5) is 0 Å². The fraction of sp³-hybridized carbons (Fsp3) is 1.00. The molecule has 0 aromatic heterocycles. The Morgan fingerprint density at radius 1 is 0.676 bits per heavy atom. The number of unbranched alkanes of at least 4 members (excludes halogenated alkanes) is 2. The number of nitrogens with zero attached hydrogens (tertiary/aromatic N) is 1. The first-order valence-corrected chi connectivity index (χ1v) is 16.4. The van der Waals surface area contributed by atoms with Crippen LogP contribution in [0.15, 0.2) is 0 Å². The zero-order chi connectivity index (χ0) is 24.4. The number of rotatable bonds is 11. The summed E-state index contributed by atoms with van der Waals surface area (Å²) in [6.07, 6.45) is 28.1. The van der Waals surface area contributed by atoms with Crippen molar-refractivity contribution >= 4 is 7.82 Å². The van der Waals surface area contributed by atoms with Crippen LogP contribution in [0.25, 0.3) is 0 Å². The standard InChI is InChI=1S/C28H56NO4P/c1-29(23-17-13-18-24-29)25-27-33-34(30,31)32-26-19-12-16-22-28-20-14-10-8-6-4-2-3-5-7-9-11-15-21-28/h28H,2-27H2,1H3/p+1. The van der Waals surface area contributed by atoms with Crippen molar-refractivity contribution in [1.82, 2.24) is 0 Å². The van der Waals surface area contributed by atoms with E-state index >= 15 is 0 Å². The van der Waals surface area contributed by atoms with E-state index < -0.39 is 7.82 Å². The summed E-state index contributed by atoms with van der Waals surface area (Å²) >= 11 is 0. The lowest BCUT2D eigenvalue weighted by Gasteiger charge is -2.37. The number of piperidine rings is 1. The molecule has 34 heavy (non-hydrogen) atoms. The number of hydrogen-bond acceptors (Lipinski definition) is 3. The van der Waals surface area contributed by atoms with E-state index in [-0.39, 0.29) is 0 Å². The minimum atomic E-state index is -3.91. The maximum Gasteiger partial charge on any atom is 0.472 e. The summed E-state index contributed by atoms with van der Waals surface area (Å²) in [6, 6.07) is 0. The molecule has 1 unspecified atom stereocenters. The van der Waals surface area contributed by atoms with E-state index in [4.69, 9.17) is 9.05 Å². The normalized spacial score (nSPS) is 24.1. The average Bonchev–Trinajstić information content (AvgIpc) is 2.81. The Morgan fingerprint density at radius 2 is 1.15 bits per heavy atom. The third-order valence-corrected chi connectivity index (χ3v) is 9.29. The van der Waals surface area contributed by atoms with Gasteiger partial charge in [0.25, 0.3) is 0 Å². The van der Waals surface area contributed by atoms with Crippen LogP contribution >= 0.6 is 7.82 Å². The monoisotopic (exact) mass is 502 g/mol. The molecule has 0 aromatic rings. The maximum absolute atomic E-state index is 12.2. The smallest absolute Gasteiger partial charge is 0.324 e. The molecular formula is C28H57NO4P+. The van der Waals surface area contributed by atoms with Crippen molar-refractivity contribution in [2.24, 2.45) is 5.92 Å². The number of hydrogen-bond donors (Lipinski definition) is 1. The van der Waals surface area contributed by atoms with Crippen LogP contribution in [0.3, 0.4) is 0 Å². The van der Waals surface area contributed by atoms with E-state index in [2.05, 4.69) is 7.05 Å². The van der Waals surface area contributed by atoms with Crippen molar-refractivity contribution in [3.05, 3.63) is 0 Å². The molecule has 2 aliphatic rings. The van der Waals surface area contributed by atoms with Crippen molar-refractivity contribution in [2.75, 3.05) is 39.9 Å². The van der Waals surface area contributed by atoms with Crippen molar-refractivity contribution < 1.29 is 23.0 Å². The van der Waals surface area contributed by atoms with Crippen LogP contribution in [0, 0.1) is 5.92 Å². The highest BCUT2D eigenvalue weighted by atomic mass is 31.2. The van der Waals surface area contributed by atoms with E-state index in [9.17, 15) is 9.46 Å². The van der Waals surface area contributed by atoms with E-state index in [1.807, 2.05) is 0 Å².